The standard InChI is InChI=1S/C14H23BrN2O2S/c1-3-6-16-7-4-5-8-20(18,19)17-14-10-12(2)9-13(15)11-14/h9-11,16-17H,3-8H2,1-2H3. The van der Waals surface area contributed by atoms with Crippen molar-refractivity contribution in [3.63, 3.8) is 0 Å². The normalized spacial score (nSPS) is 11.6. The third-order valence-electron chi connectivity index (χ3n) is 2.76. The lowest BCUT2D eigenvalue weighted by molar-refractivity contribution is 0.590. The van der Waals surface area contributed by atoms with Crippen molar-refractivity contribution in [2.24, 2.45) is 0 Å². The summed E-state index contributed by atoms with van der Waals surface area (Å²) in [5.74, 6) is 0.159. The average molecular weight is 363 g/mol. The molecule has 0 saturated carbocycles. The molecule has 0 aliphatic carbocycles. The van der Waals surface area contributed by atoms with Gasteiger partial charge in [-0.15, -0.1) is 0 Å². The Balaban J connectivity index is 2.41. The number of sulfonamides is 1. The second-order valence-electron chi connectivity index (χ2n) is 4.90. The topological polar surface area (TPSA) is 58.2 Å². The molecule has 2 N–H and O–H groups in total. The summed E-state index contributed by atoms with van der Waals surface area (Å²) in [4.78, 5) is 0. The van der Waals surface area contributed by atoms with Crippen molar-refractivity contribution in [2.45, 2.75) is 33.1 Å². The summed E-state index contributed by atoms with van der Waals surface area (Å²) in [7, 11) is -3.26. The summed E-state index contributed by atoms with van der Waals surface area (Å²) in [6, 6.07) is 5.54. The Morgan fingerprint density at radius 2 is 1.90 bits per heavy atom. The first-order chi connectivity index (χ1) is 9.43. The molecule has 0 aliphatic heterocycles. The molecule has 0 heterocycles. The van der Waals surface area contributed by atoms with Gasteiger partial charge in [0.2, 0.25) is 10.0 Å². The van der Waals surface area contributed by atoms with Crippen LogP contribution in [0.25, 0.3) is 0 Å². The third-order valence-corrected chi connectivity index (χ3v) is 4.59. The minimum atomic E-state index is -3.26. The molecule has 20 heavy (non-hydrogen) atoms. The number of hydrogen-bond donors (Lipinski definition) is 2. The molecule has 0 unspecified atom stereocenters. The van der Waals surface area contributed by atoms with Crippen LogP contribution in [0, 0.1) is 6.92 Å². The first-order valence-electron chi connectivity index (χ1n) is 6.91. The highest BCUT2D eigenvalue weighted by atomic mass is 79.9. The van der Waals surface area contributed by atoms with E-state index in [9.17, 15) is 8.42 Å². The Kier molecular flexibility index (Phi) is 7.55. The van der Waals surface area contributed by atoms with Crippen molar-refractivity contribution < 1.29 is 8.42 Å². The predicted octanol–water partition coefficient (Wildman–Crippen LogP) is 3.28. The van der Waals surface area contributed by atoms with E-state index in [2.05, 4.69) is 32.9 Å². The first-order valence-corrected chi connectivity index (χ1v) is 9.36. The Hall–Kier alpha value is -0.590. The van der Waals surface area contributed by atoms with Gasteiger partial charge >= 0.3 is 0 Å². The molecule has 0 aromatic heterocycles. The van der Waals surface area contributed by atoms with Crippen LogP contribution in [0.15, 0.2) is 22.7 Å². The fraction of sp³-hybridized carbons (Fsp3) is 0.571. The van der Waals surface area contributed by atoms with Crippen molar-refractivity contribution in [3.8, 4) is 0 Å². The summed E-state index contributed by atoms with van der Waals surface area (Å²) in [5.41, 5.74) is 1.63. The number of nitrogens with one attached hydrogen (secondary N) is 2. The van der Waals surface area contributed by atoms with Crippen molar-refractivity contribution >= 4 is 31.6 Å². The van der Waals surface area contributed by atoms with E-state index in [1.807, 2.05) is 19.1 Å². The number of benzene rings is 1. The van der Waals surface area contributed by atoms with Crippen LogP contribution in [0.1, 0.15) is 31.7 Å². The van der Waals surface area contributed by atoms with Gasteiger partial charge in [0.1, 0.15) is 0 Å². The zero-order chi connectivity index (χ0) is 15.0. The molecular formula is C14H23BrN2O2S. The van der Waals surface area contributed by atoms with E-state index in [1.54, 1.807) is 6.07 Å². The van der Waals surface area contributed by atoms with Crippen molar-refractivity contribution in [2.75, 3.05) is 23.6 Å². The van der Waals surface area contributed by atoms with Crippen molar-refractivity contribution in [1.29, 1.82) is 0 Å². The maximum atomic E-state index is 12.0. The highest BCUT2D eigenvalue weighted by Crippen LogP contribution is 2.20. The van der Waals surface area contributed by atoms with Crippen LogP contribution in [0.4, 0.5) is 5.69 Å². The molecule has 0 atom stereocenters. The average Bonchev–Trinajstić information content (AvgIpc) is 2.31. The quantitative estimate of drug-likeness (QED) is 0.662. The SMILES string of the molecule is CCCNCCCCS(=O)(=O)Nc1cc(C)cc(Br)c1. The summed E-state index contributed by atoms with van der Waals surface area (Å²) >= 11 is 3.37. The van der Waals surface area contributed by atoms with Gasteiger partial charge in [-0.1, -0.05) is 22.9 Å². The number of anilines is 1. The van der Waals surface area contributed by atoms with E-state index in [4.69, 9.17) is 0 Å². The lowest BCUT2D eigenvalue weighted by atomic mass is 10.2. The highest BCUT2D eigenvalue weighted by Gasteiger charge is 2.10. The molecule has 0 bridgehead atoms. The maximum Gasteiger partial charge on any atom is 0.232 e. The Morgan fingerprint density at radius 3 is 2.55 bits per heavy atom. The van der Waals surface area contributed by atoms with E-state index in [0.717, 1.165) is 36.0 Å². The van der Waals surface area contributed by atoms with E-state index in [-0.39, 0.29) is 5.75 Å². The molecule has 1 aromatic carbocycles. The van der Waals surface area contributed by atoms with E-state index < -0.39 is 10.0 Å². The summed E-state index contributed by atoms with van der Waals surface area (Å²) in [5, 5.41) is 3.26. The Bertz CT molecular complexity index is 498. The highest BCUT2D eigenvalue weighted by molar-refractivity contribution is 9.10. The van der Waals surface area contributed by atoms with Gasteiger partial charge < -0.3 is 5.32 Å². The zero-order valence-electron chi connectivity index (χ0n) is 12.1. The Morgan fingerprint density at radius 1 is 1.15 bits per heavy atom. The second kappa shape index (κ2) is 8.64. The van der Waals surface area contributed by atoms with E-state index in [1.165, 1.54) is 0 Å². The number of hydrogen-bond acceptors (Lipinski definition) is 3. The fourth-order valence-corrected chi connectivity index (χ4v) is 3.64. The van der Waals surface area contributed by atoms with Crippen LogP contribution < -0.4 is 10.0 Å². The van der Waals surface area contributed by atoms with Gasteiger partial charge in [-0.2, -0.15) is 0 Å². The van der Waals surface area contributed by atoms with Crippen LogP contribution >= 0.6 is 15.9 Å². The monoisotopic (exact) mass is 362 g/mol. The molecule has 0 radical (unpaired) electrons. The van der Waals surface area contributed by atoms with Crippen LogP contribution in [-0.2, 0) is 10.0 Å². The van der Waals surface area contributed by atoms with Crippen molar-refractivity contribution in [1.82, 2.24) is 5.32 Å². The third kappa shape index (κ3) is 7.26. The lowest BCUT2D eigenvalue weighted by Crippen LogP contribution is -2.19. The van der Waals surface area contributed by atoms with Gasteiger partial charge in [0.15, 0.2) is 0 Å². The predicted molar refractivity (Wildman–Crippen MR) is 88.7 cm³/mol. The number of rotatable bonds is 9. The smallest absolute Gasteiger partial charge is 0.232 e. The molecule has 0 saturated heterocycles. The van der Waals surface area contributed by atoms with Gasteiger partial charge in [0.25, 0.3) is 0 Å². The first kappa shape index (κ1) is 17.5. The molecule has 1 rings (SSSR count). The lowest BCUT2D eigenvalue weighted by Gasteiger charge is -2.09. The maximum absolute atomic E-state index is 12.0. The Labute approximate surface area is 130 Å². The van der Waals surface area contributed by atoms with Crippen LogP contribution in [-0.4, -0.2) is 27.3 Å². The zero-order valence-corrected chi connectivity index (χ0v) is 14.5. The van der Waals surface area contributed by atoms with Crippen molar-refractivity contribution in [3.05, 3.63) is 28.2 Å². The molecule has 1 aromatic rings. The van der Waals surface area contributed by atoms with Gasteiger partial charge in [-0.3, -0.25) is 4.72 Å². The number of halogens is 1. The molecule has 114 valence electrons. The minimum absolute atomic E-state index is 0.159. The summed E-state index contributed by atoms with van der Waals surface area (Å²) in [6.45, 7) is 5.91. The van der Waals surface area contributed by atoms with Gasteiger partial charge in [0, 0.05) is 10.2 Å². The van der Waals surface area contributed by atoms with Gasteiger partial charge in [-0.25, -0.2) is 8.42 Å². The van der Waals surface area contributed by atoms with E-state index in [0.29, 0.717) is 12.1 Å². The van der Waals surface area contributed by atoms with Gasteiger partial charge in [-0.05, 0) is 63.0 Å². The molecule has 0 fully saturated rings. The van der Waals surface area contributed by atoms with Gasteiger partial charge in [0.05, 0.1) is 5.75 Å². The van der Waals surface area contributed by atoms with Crippen LogP contribution in [0.2, 0.25) is 0 Å². The number of aryl methyl sites for hydroxylation is 1. The van der Waals surface area contributed by atoms with E-state index >= 15 is 0 Å². The largest absolute Gasteiger partial charge is 0.317 e. The molecule has 0 aliphatic rings. The minimum Gasteiger partial charge on any atom is -0.317 e. The summed E-state index contributed by atoms with van der Waals surface area (Å²) < 4.78 is 27.4. The molecule has 4 nitrogen and oxygen atoms in total. The molecule has 0 spiro atoms. The second-order valence-corrected chi connectivity index (χ2v) is 7.65. The molecule has 6 heteroatoms. The van der Waals surface area contributed by atoms with Crippen LogP contribution in [0.5, 0.6) is 0 Å². The summed E-state index contributed by atoms with van der Waals surface area (Å²) in [6.07, 6.45) is 2.64. The molecule has 0 amide bonds. The molecular weight excluding hydrogens is 340 g/mol. The fourth-order valence-electron chi connectivity index (χ4n) is 1.87. The number of unbranched alkanes of at least 4 members (excludes halogenated alkanes) is 1. The van der Waals surface area contributed by atoms with Crippen LogP contribution in [0.3, 0.4) is 0 Å².